The third-order valence-electron chi connectivity index (χ3n) is 3.63. The first-order chi connectivity index (χ1) is 8.20. The summed E-state index contributed by atoms with van der Waals surface area (Å²) in [6.45, 7) is 7.54. The largest absolute Gasteiger partial charge is 0.298 e. The predicted octanol–water partition coefficient (Wildman–Crippen LogP) is 2.76. The molecule has 1 aliphatic rings. The highest BCUT2D eigenvalue weighted by Gasteiger charge is 2.31. The van der Waals surface area contributed by atoms with Crippen molar-refractivity contribution in [2.24, 2.45) is 17.8 Å². The second-order valence-corrected chi connectivity index (χ2v) is 6.11. The summed E-state index contributed by atoms with van der Waals surface area (Å²) in [5.41, 5.74) is 1.89. The zero-order valence-corrected chi connectivity index (χ0v) is 11.3. The Morgan fingerprint density at radius 2 is 2.47 bits per heavy atom. The Kier molecular flexibility index (Phi) is 4.14. The molecule has 3 nitrogen and oxygen atoms in total. The molecule has 0 amide bonds. The maximum absolute atomic E-state index is 9.18. The summed E-state index contributed by atoms with van der Waals surface area (Å²) in [7, 11) is 0. The van der Waals surface area contributed by atoms with Crippen molar-refractivity contribution in [3.63, 3.8) is 0 Å². The summed E-state index contributed by atoms with van der Waals surface area (Å²) in [5.74, 6) is 1.35. The van der Waals surface area contributed by atoms with Crippen molar-refractivity contribution < 1.29 is 0 Å². The summed E-state index contributed by atoms with van der Waals surface area (Å²) in [6, 6.07) is 2.48. The number of thiazole rings is 1. The van der Waals surface area contributed by atoms with Gasteiger partial charge in [0.15, 0.2) is 0 Å². The first-order valence-electron chi connectivity index (χ1n) is 6.20. The van der Waals surface area contributed by atoms with Crippen molar-refractivity contribution in [3.8, 4) is 6.07 Å². The van der Waals surface area contributed by atoms with Crippen LogP contribution >= 0.6 is 11.3 Å². The second kappa shape index (κ2) is 5.61. The van der Waals surface area contributed by atoms with Crippen molar-refractivity contribution >= 4 is 11.3 Å². The molecule has 1 aliphatic heterocycles. The average Bonchev–Trinajstić information content (AvgIpc) is 2.81. The third-order valence-corrected chi connectivity index (χ3v) is 4.39. The number of aromatic nitrogens is 1. The normalized spacial score (nSPS) is 26.0. The lowest BCUT2D eigenvalue weighted by atomic mass is 9.79. The summed E-state index contributed by atoms with van der Waals surface area (Å²) < 4.78 is 0. The van der Waals surface area contributed by atoms with Gasteiger partial charge in [-0.2, -0.15) is 5.26 Å². The van der Waals surface area contributed by atoms with E-state index in [1.807, 2.05) is 11.7 Å². The van der Waals surface area contributed by atoms with Crippen LogP contribution in [0.2, 0.25) is 0 Å². The molecule has 2 rings (SSSR count). The minimum Gasteiger partial charge on any atom is -0.298 e. The van der Waals surface area contributed by atoms with Gasteiger partial charge in [0, 0.05) is 24.2 Å². The van der Waals surface area contributed by atoms with Gasteiger partial charge < -0.3 is 0 Å². The summed E-state index contributed by atoms with van der Waals surface area (Å²) in [4.78, 5) is 7.90. The molecule has 1 aromatic rings. The molecule has 0 spiro atoms. The Morgan fingerprint density at radius 1 is 1.65 bits per heavy atom. The lowest BCUT2D eigenvalue weighted by Gasteiger charge is -2.37. The zero-order chi connectivity index (χ0) is 12.3. The lowest BCUT2D eigenvalue weighted by Crippen LogP contribution is -2.41. The van der Waals surface area contributed by atoms with E-state index >= 15 is 0 Å². The van der Waals surface area contributed by atoms with Gasteiger partial charge in [0.25, 0.3) is 0 Å². The molecule has 2 unspecified atom stereocenters. The van der Waals surface area contributed by atoms with E-state index in [4.69, 9.17) is 0 Å². The molecule has 0 aromatic carbocycles. The Morgan fingerprint density at radius 3 is 3.06 bits per heavy atom. The Labute approximate surface area is 107 Å². The topological polar surface area (TPSA) is 39.9 Å². The fourth-order valence-electron chi connectivity index (χ4n) is 2.57. The molecule has 0 bridgehead atoms. The van der Waals surface area contributed by atoms with Gasteiger partial charge in [0.05, 0.1) is 17.5 Å². The molecule has 1 saturated heterocycles. The van der Waals surface area contributed by atoms with Gasteiger partial charge >= 0.3 is 0 Å². The number of nitrogens with zero attached hydrogens (tertiary/aromatic N) is 3. The quantitative estimate of drug-likeness (QED) is 0.827. The van der Waals surface area contributed by atoms with Gasteiger partial charge in [0.2, 0.25) is 0 Å². The van der Waals surface area contributed by atoms with Gasteiger partial charge in [0.1, 0.15) is 0 Å². The molecule has 0 saturated carbocycles. The molecule has 0 radical (unpaired) electrons. The molecular formula is C13H19N3S. The average molecular weight is 249 g/mol. The third kappa shape index (κ3) is 3.05. The fraction of sp³-hybridized carbons (Fsp3) is 0.692. The van der Waals surface area contributed by atoms with Crippen LogP contribution in [0.25, 0.3) is 0 Å². The molecule has 2 atom stereocenters. The molecule has 0 N–H and O–H groups in total. The predicted molar refractivity (Wildman–Crippen MR) is 69.4 cm³/mol. The second-order valence-electron chi connectivity index (χ2n) is 5.13. The Hall–Kier alpha value is -0.920. The maximum Gasteiger partial charge on any atom is 0.0794 e. The zero-order valence-electron chi connectivity index (χ0n) is 10.5. The van der Waals surface area contributed by atoms with Crippen LogP contribution in [0, 0.1) is 29.1 Å². The van der Waals surface area contributed by atoms with Gasteiger partial charge in [-0.05, 0) is 24.8 Å². The van der Waals surface area contributed by atoms with E-state index in [-0.39, 0.29) is 5.92 Å². The summed E-state index contributed by atoms with van der Waals surface area (Å²) in [5, 5.41) is 9.18. The number of piperidine rings is 1. The van der Waals surface area contributed by atoms with Gasteiger partial charge in [-0.25, -0.2) is 0 Å². The Bertz CT molecular complexity index is 380. The van der Waals surface area contributed by atoms with Crippen molar-refractivity contribution in [3.05, 3.63) is 16.6 Å². The highest BCUT2D eigenvalue weighted by Crippen LogP contribution is 2.30. The van der Waals surface area contributed by atoms with Gasteiger partial charge in [-0.3, -0.25) is 9.88 Å². The smallest absolute Gasteiger partial charge is 0.0794 e. The van der Waals surface area contributed by atoms with Crippen LogP contribution in [-0.2, 0) is 6.54 Å². The standard InChI is InChI=1S/C13H19N3S/c1-10(2)13-8-16(4-3-11(13)5-14)7-12-6-15-9-17-12/h6,9-11,13H,3-4,7-8H2,1-2H3. The summed E-state index contributed by atoms with van der Waals surface area (Å²) in [6.07, 6.45) is 2.96. The van der Waals surface area contributed by atoms with Crippen LogP contribution in [0.4, 0.5) is 0 Å². The van der Waals surface area contributed by atoms with Crippen LogP contribution in [0.5, 0.6) is 0 Å². The van der Waals surface area contributed by atoms with E-state index in [9.17, 15) is 5.26 Å². The first kappa shape index (κ1) is 12.5. The van der Waals surface area contributed by atoms with Crippen molar-refractivity contribution in [2.75, 3.05) is 13.1 Å². The van der Waals surface area contributed by atoms with E-state index in [2.05, 4.69) is 29.8 Å². The van der Waals surface area contributed by atoms with E-state index in [1.165, 1.54) is 4.88 Å². The molecule has 4 heteroatoms. The highest BCUT2D eigenvalue weighted by atomic mass is 32.1. The number of likely N-dealkylation sites (tertiary alicyclic amines) is 1. The molecule has 0 aliphatic carbocycles. The number of nitriles is 1. The minimum atomic E-state index is 0.243. The SMILES string of the molecule is CC(C)C1CN(Cc2cncs2)CCC1C#N. The minimum absolute atomic E-state index is 0.243. The van der Waals surface area contributed by atoms with Crippen molar-refractivity contribution in [2.45, 2.75) is 26.8 Å². The molecule has 1 fully saturated rings. The maximum atomic E-state index is 9.18. The number of rotatable bonds is 3. The first-order valence-corrected chi connectivity index (χ1v) is 7.08. The molecule has 1 aromatic heterocycles. The van der Waals surface area contributed by atoms with E-state index in [0.717, 1.165) is 26.1 Å². The van der Waals surface area contributed by atoms with Crippen LogP contribution in [0.15, 0.2) is 11.7 Å². The Balaban J connectivity index is 1.97. The monoisotopic (exact) mass is 249 g/mol. The lowest BCUT2D eigenvalue weighted by molar-refractivity contribution is 0.109. The van der Waals surface area contributed by atoms with E-state index in [0.29, 0.717) is 11.8 Å². The van der Waals surface area contributed by atoms with Crippen molar-refractivity contribution in [1.82, 2.24) is 9.88 Å². The van der Waals surface area contributed by atoms with Crippen LogP contribution in [0.1, 0.15) is 25.1 Å². The van der Waals surface area contributed by atoms with E-state index < -0.39 is 0 Å². The van der Waals surface area contributed by atoms with Crippen LogP contribution < -0.4 is 0 Å². The van der Waals surface area contributed by atoms with Crippen LogP contribution in [0.3, 0.4) is 0 Å². The molecule has 2 heterocycles. The van der Waals surface area contributed by atoms with Crippen LogP contribution in [-0.4, -0.2) is 23.0 Å². The number of hydrogen-bond donors (Lipinski definition) is 0. The fourth-order valence-corrected chi connectivity index (χ4v) is 3.21. The van der Waals surface area contributed by atoms with Crippen molar-refractivity contribution in [1.29, 1.82) is 5.26 Å². The number of hydrogen-bond acceptors (Lipinski definition) is 4. The molecule has 92 valence electrons. The highest BCUT2D eigenvalue weighted by molar-refractivity contribution is 7.09. The van der Waals surface area contributed by atoms with Gasteiger partial charge in [-0.15, -0.1) is 11.3 Å². The summed E-state index contributed by atoms with van der Waals surface area (Å²) >= 11 is 1.71. The van der Waals surface area contributed by atoms with E-state index in [1.54, 1.807) is 11.3 Å². The molecular weight excluding hydrogens is 230 g/mol. The van der Waals surface area contributed by atoms with Gasteiger partial charge in [-0.1, -0.05) is 13.8 Å². The molecule has 17 heavy (non-hydrogen) atoms.